The normalized spacial score (nSPS) is 32.2. The average Bonchev–Trinajstić information content (AvgIpc) is 2.40. The van der Waals surface area contributed by atoms with E-state index in [4.69, 9.17) is 0 Å². The second-order valence-corrected chi connectivity index (χ2v) is 5.78. The molecule has 3 aliphatic rings. The van der Waals surface area contributed by atoms with Gasteiger partial charge in [0.05, 0.1) is 6.04 Å². The SMILES string of the molecule is CCCCNC(=O)C(C)NC1CN2CCC1CC2. The molecule has 104 valence electrons. The van der Waals surface area contributed by atoms with Crippen LogP contribution in [0.5, 0.6) is 0 Å². The first-order chi connectivity index (χ1) is 8.70. The smallest absolute Gasteiger partial charge is 0.236 e. The number of hydrogen-bond donors (Lipinski definition) is 2. The van der Waals surface area contributed by atoms with Gasteiger partial charge in [0.2, 0.25) is 5.91 Å². The van der Waals surface area contributed by atoms with Crippen molar-refractivity contribution in [3.05, 3.63) is 0 Å². The standard InChI is InChI=1S/C14H27N3O/c1-3-4-7-15-14(18)11(2)16-13-10-17-8-5-12(13)6-9-17/h11-13,16H,3-10H2,1-2H3,(H,15,18). The largest absolute Gasteiger partial charge is 0.355 e. The highest BCUT2D eigenvalue weighted by Gasteiger charge is 2.35. The van der Waals surface area contributed by atoms with Crippen molar-refractivity contribution in [1.82, 2.24) is 15.5 Å². The lowest BCUT2D eigenvalue weighted by atomic mass is 9.83. The lowest BCUT2D eigenvalue weighted by Crippen LogP contribution is -2.59. The van der Waals surface area contributed by atoms with Gasteiger partial charge in [0.1, 0.15) is 0 Å². The van der Waals surface area contributed by atoms with Crippen molar-refractivity contribution < 1.29 is 4.79 Å². The van der Waals surface area contributed by atoms with Crippen LogP contribution in [0.25, 0.3) is 0 Å². The maximum Gasteiger partial charge on any atom is 0.236 e. The third-order valence-corrected chi connectivity index (χ3v) is 4.34. The molecule has 3 aliphatic heterocycles. The molecular weight excluding hydrogens is 226 g/mol. The molecule has 0 radical (unpaired) electrons. The maximum atomic E-state index is 11.9. The van der Waals surface area contributed by atoms with Crippen LogP contribution in [-0.2, 0) is 4.79 Å². The zero-order valence-corrected chi connectivity index (χ0v) is 11.7. The molecule has 0 saturated carbocycles. The number of piperidine rings is 3. The molecule has 0 aromatic carbocycles. The Morgan fingerprint density at radius 3 is 2.67 bits per heavy atom. The van der Waals surface area contributed by atoms with E-state index < -0.39 is 0 Å². The van der Waals surface area contributed by atoms with Crippen LogP contribution in [0.3, 0.4) is 0 Å². The lowest BCUT2D eigenvalue weighted by Gasteiger charge is -2.45. The quantitative estimate of drug-likeness (QED) is 0.694. The molecule has 4 nitrogen and oxygen atoms in total. The molecule has 3 heterocycles. The van der Waals surface area contributed by atoms with Gasteiger partial charge in [-0.3, -0.25) is 4.79 Å². The van der Waals surface area contributed by atoms with Crippen molar-refractivity contribution in [3.8, 4) is 0 Å². The summed E-state index contributed by atoms with van der Waals surface area (Å²) >= 11 is 0. The zero-order chi connectivity index (χ0) is 13.0. The van der Waals surface area contributed by atoms with E-state index in [1.54, 1.807) is 0 Å². The van der Waals surface area contributed by atoms with E-state index >= 15 is 0 Å². The average molecular weight is 253 g/mol. The summed E-state index contributed by atoms with van der Waals surface area (Å²) in [7, 11) is 0. The van der Waals surface area contributed by atoms with E-state index in [9.17, 15) is 4.79 Å². The number of fused-ring (bicyclic) bond motifs is 3. The fraction of sp³-hybridized carbons (Fsp3) is 0.929. The number of unbranched alkanes of at least 4 members (excludes halogenated alkanes) is 1. The second kappa shape index (κ2) is 6.53. The van der Waals surface area contributed by atoms with Crippen molar-refractivity contribution in [2.24, 2.45) is 5.92 Å². The molecule has 3 rings (SSSR count). The van der Waals surface area contributed by atoms with Crippen LogP contribution in [0, 0.1) is 5.92 Å². The van der Waals surface area contributed by atoms with E-state index in [2.05, 4.69) is 22.5 Å². The number of amides is 1. The number of rotatable bonds is 6. The minimum Gasteiger partial charge on any atom is -0.355 e. The van der Waals surface area contributed by atoms with Gasteiger partial charge in [-0.05, 0) is 45.2 Å². The van der Waals surface area contributed by atoms with Gasteiger partial charge in [0, 0.05) is 19.1 Å². The zero-order valence-electron chi connectivity index (χ0n) is 11.7. The topological polar surface area (TPSA) is 44.4 Å². The molecule has 0 aromatic heterocycles. The summed E-state index contributed by atoms with van der Waals surface area (Å²) in [5.74, 6) is 0.931. The Kier molecular flexibility index (Phi) is 5.01. The summed E-state index contributed by atoms with van der Waals surface area (Å²) in [5, 5.41) is 6.53. The number of nitrogens with zero attached hydrogens (tertiary/aromatic N) is 1. The molecule has 0 spiro atoms. The predicted molar refractivity (Wildman–Crippen MR) is 73.5 cm³/mol. The van der Waals surface area contributed by atoms with E-state index in [-0.39, 0.29) is 11.9 Å². The summed E-state index contributed by atoms with van der Waals surface area (Å²) < 4.78 is 0. The molecular formula is C14H27N3O. The molecule has 18 heavy (non-hydrogen) atoms. The van der Waals surface area contributed by atoms with Gasteiger partial charge in [0.15, 0.2) is 0 Å². The van der Waals surface area contributed by atoms with E-state index in [1.807, 2.05) is 6.92 Å². The monoisotopic (exact) mass is 253 g/mol. The van der Waals surface area contributed by atoms with Crippen LogP contribution in [0.4, 0.5) is 0 Å². The number of carbonyl (C=O) groups excluding carboxylic acids is 1. The van der Waals surface area contributed by atoms with Crippen molar-refractivity contribution in [2.45, 2.75) is 51.6 Å². The highest BCUT2D eigenvalue weighted by molar-refractivity contribution is 5.81. The summed E-state index contributed by atoms with van der Waals surface area (Å²) in [6, 6.07) is 0.451. The third-order valence-electron chi connectivity index (χ3n) is 4.34. The highest BCUT2D eigenvalue weighted by atomic mass is 16.2. The molecule has 2 N–H and O–H groups in total. The van der Waals surface area contributed by atoms with Gasteiger partial charge in [-0.1, -0.05) is 13.3 Å². The van der Waals surface area contributed by atoms with E-state index in [1.165, 1.54) is 25.9 Å². The number of nitrogens with one attached hydrogen (secondary N) is 2. The van der Waals surface area contributed by atoms with Crippen molar-refractivity contribution >= 4 is 5.91 Å². The van der Waals surface area contributed by atoms with Crippen LogP contribution in [0.2, 0.25) is 0 Å². The number of hydrogen-bond acceptors (Lipinski definition) is 3. The first kappa shape index (κ1) is 13.8. The molecule has 2 bridgehead atoms. The van der Waals surface area contributed by atoms with Gasteiger partial charge in [-0.25, -0.2) is 0 Å². The Balaban J connectivity index is 1.73. The Hall–Kier alpha value is -0.610. The lowest BCUT2D eigenvalue weighted by molar-refractivity contribution is -0.123. The van der Waals surface area contributed by atoms with Crippen LogP contribution >= 0.6 is 0 Å². The molecule has 1 amide bonds. The fourth-order valence-electron chi connectivity index (χ4n) is 3.09. The fourth-order valence-corrected chi connectivity index (χ4v) is 3.09. The summed E-state index contributed by atoms with van der Waals surface area (Å²) in [6.07, 6.45) is 4.78. The predicted octanol–water partition coefficient (Wildman–Crippen LogP) is 0.975. The van der Waals surface area contributed by atoms with Gasteiger partial charge in [-0.2, -0.15) is 0 Å². The molecule has 2 unspecified atom stereocenters. The third kappa shape index (κ3) is 3.45. The van der Waals surface area contributed by atoms with Crippen LogP contribution in [0.15, 0.2) is 0 Å². The maximum absolute atomic E-state index is 11.9. The van der Waals surface area contributed by atoms with Gasteiger partial charge < -0.3 is 15.5 Å². The molecule has 3 saturated heterocycles. The Bertz CT molecular complexity index is 274. The van der Waals surface area contributed by atoms with Crippen LogP contribution in [0.1, 0.15) is 39.5 Å². The summed E-state index contributed by atoms with van der Waals surface area (Å²) in [4.78, 5) is 14.4. The first-order valence-corrected chi connectivity index (χ1v) is 7.46. The molecule has 0 aromatic rings. The van der Waals surface area contributed by atoms with Crippen LogP contribution < -0.4 is 10.6 Å². The Labute approximate surface area is 110 Å². The van der Waals surface area contributed by atoms with Crippen molar-refractivity contribution in [3.63, 3.8) is 0 Å². The van der Waals surface area contributed by atoms with Gasteiger partial charge in [-0.15, -0.1) is 0 Å². The van der Waals surface area contributed by atoms with E-state index in [0.717, 1.165) is 31.8 Å². The first-order valence-electron chi connectivity index (χ1n) is 7.46. The minimum atomic E-state index is -0.0626. The Morgan fingerprint density at radius 1 is 1.39 bits per heavy atom. The number of carbonyl (C=O) groups is 1. The van der Waals surface area contributed by atoms with E-state index in [0.29, 0.717) is 6.04 Å². The molecule has 3 fully saturated rings. The minimum absolute atomic E-state index is 0.0626. The van der Waals surface area contributed by atoms with Crippen molar-refractivity contribution in [2.75, 3.05) is 26.2 Å². The van der Waals surface area contributed by atoms with Crippen molar-refractivity contribution in [1.29, 1.82) is 0 Å². The summed E-state index contributed by atoms with van der Waals surface area (Å²) in [6.45, 7) is 8.55. The molecule has 0 aliphatic carbocycles. The second-order valence-electron chi connectivity index (χ2n) is 5.78. The molecule has 4 heteroatoms. The summed E-state index contributed by atoms with van der Waals surface area (Å²) in [5.41, 5.74) is 0. The highest BCUT2D eigenvalue weighted by Crippen LogP contribution is 2.27. The van der Waals surface area contributed by atoms with Gasteiger partial charge in [0.25, 0.3) is 0 Å². The van der Waals surface area contributed by atoms with Gasteiger partial charge >= 0.3 is 0 Å². The molecule has 2 atom stereocenters. The van der Waals surface area contributed by atoms with Crippen LogP contribution in [-0.4, -0.2) is 49.1 Å². The Morgan fingerprint density at radius 2 is 2.11 bits per heavy atom.